The number of hydrogen-bond donors (Lipinski definition) is 1. The number of nitrogens with one attached hydrogen (secondary N) is 1. The average molecular weight is 341 g/mol. The van der Waals surface area contributed by atoms with Gasteiger partial charge in [0.15, 0.2) is 0 Å². The second-order valence-corrected chi connectivity index (χ2v) is 7.22. The van der Waals surface area contributed by atoms with Crippen molar-refractivity contribution in [1.82, 2.24) is 0 Å². The molecule has 1 N–H and O–H groups in total. The van der Waals surface area contributed by atoms with Gasteiger partial charge in [0.05, 0.1) is 13.2 Å². The third kappa shape index (κ3) is 7.08. The highest BCUT2D eigenvalue weighted by molar-refractivity contribution is 5.47. The molecule has 2 rings (SSSR count). The molecule has 0 fully saturated rings. The van der Waals surface area contributed by atoms with Gasteiger partial charge in [-0.2, -0.15) is 0 Å². The number of para-hydroxylation sites is 1. The van der Waals surface area contributed by atoms with Crippen LogP contribution < -0.4 is 14.8 Å². The summed E-state index contributed by atoms with van der Waals surface area (Å²) in [6, 6.07) is 16.3. The normalized spacial score (nSPS) is 11.0. The first-order valence-electron chi connectivity index (χ1n) is 9.22. The van der Waals surface area contributed by atoms with E-state index < -0.39 is 0 Å². The molecule has 0 aliphatic carbocycles. The molecular weight excluding hydrogens is 310 g/mol. The zero-order valence-electron chi connectivity index (χ0n) is 15.9. The van der Waals surface area contributed by atoms with Gasteiger partial charge >= 0.3 is 0 Å². The summed E-state index contributed by atoms with van der Waals surface area (Å²) in [6.07, 6.45) is 1.08. The van der Waals surface area contributed by atoms with Gasteiger partial charge in [-0.3, -0.25) is 0 Å². The lowest BCUT2D eigenvalue weighted by Gasteiger charge is -2.14. The van der Waals surface area contributed by atoms with E-state index in [-0.39, 0.29) is 0 Å². The Morgan fingerprint density at radius 3 is 2.24 bits per heavy atom. The van der Waals surface area contributed by atoms with E-state index in [4.69, 9.17) is 9.47 Å². The molecule has 0 saturated carbocycles. The molecule has 0 unspecified atom stereocenters. The number of benzene rings is 2. The van der Waals surface area contributed by atoms with Crippen LogP contribution in [0.15, 0.2) is 48.5 Å². The van der Waals surface area contributed by atoms with E-state index >= 15 is 0 Å². The first kappa shape index (κ1) is 19.2. The first-order chi connectivity index (χ1) is 12.0. The Bertz CT molecular complexity index is 620. The van der Waals surface area contributed by atoms with Crippen LogP contribution in [0.4, 0.5) is 5.69 Å². The maximum absolute atomic E-state index is 5.91. The van der Waals surface area contributed by atoms with Crippen molar-refractivity contribution in [2.45, 2.75) is 40.7 Å². The second-order valence-electron chi connectivity index (χ2n) is 7.22. The van der Waals surface area contributed by atoms with Crippen LogP contribution in [0.25, 0.3) is 0 Å². The number of rotatable bonds is 10. The standard InChI is InChI=1S/C22H31NO2/c1-17(2)13-14-24-21-11-9-20(10-12-21)23-15-19-7-5-6-8-22(19)25-16-18(3)4/h5-12,17-18,23H,13-16H2,1-4H3. The van der Waals surface area contributed by atoms with Crippen LogP contribution in [0, 0.1) is 11.8 Å². The van der Waals surface area contributed by atoms with Gasteiger partial charge in [-0.25, -0.2) is 0 Å². The van der Waals surface area contributed by atoms with E-state index in [0.29, 0.717) is 11.8 Å². The van der Waals surface area contributed by atoms with Crippen LogP contribution in [0.1, 0.15) is 39.7 Å². The van der Waals surface area contributed by atoms with Crippen LogP contribution in [0.3, 0.4) is 0 Å². The molecule has 0 amide bonds. The van der Waals surface area contributed by atoms with Crippen LogP contribution in [0.2, 0.25) is 0 Å². The molecule has 0 aliphatic rings. The van der Waals surface area contributed by atoms with Crippen molar-refractivity contribution in [3.05, 3.63) is 54.1 Å². The van der Waals surface area contributed by atoms with Gasteiger partial charge in [0.2, 0.25) is 0 Å². The van der Waals surface area contributed by atoms with Crippen LogP contribution in [-0.2, 0) is 6.54 Å². The topological polar surface area (TPSA) is 30.5 Å². The van der Waals surface area contributed by atoms with E-state index in [9.17, 15) is 0 Å². The third-order valence-corrected chi connectivity index (χ3v) is 3.85. The first-order valence-corrected chi connectivity index (χ1v) is 9.22. The summed E-state index contributed by atoms with van der Waals surface area (Å²) < 4.78 is 11.7. The Hall–Kier alpha value is -2.16. The summed E-state index contributed by atoms with van der Waals surface area (Å²) >= 11 is 0. The molecule has 136 valence electrons. The fourth-order valence-corrected chi connectivity index (χ4v) is 2.33. The Balaban J connectivity index is 1.87. The Labute approximate surface area is 152 Å². The van der Waals surface area contributed by atoms with Crippen molar-refractivity contribution in [2.24, 2.45) is 11.8 Å². The van der Waals surface area contributed by atoms with Crippen LogP contribution >= 0.6 is 0 Å². The van der Waals surface area contributed by atoms with E-state index in [2.05, 4.69) is 51.2 Å². The molecule has 0 saturated heterocycles. The summed E-state index contributed by atoms with van der Waals surface area (Å²) in [5, 5.41) is 3.45. The van der Waals surface area contributed by atoms with Crippen molar-refractivity contribution in [3.8, 4) is 11.5 Å². The smallest absolute Gasteiger partial charge is 0.124 e. The SMILES string of the molecule is CC(C)CCOc1ccc(NCc2ccccc2OCC(C)C)cc1. The van der Waals surface area contributed by atoms with E-state index in [1.807, 2.05) is 30.3 Å². The minimum atomic E-state index is 0.518. The highest BCUT2D eigenvalue weighted by Crippen LogP contribution is 2.21. The molecule has 2 aromatic carbocycles. The average Bonchev–Trinajstić information content (AvgIpc) is 2.59. The molecule has 3 heteroatoms. The summed E-state index contributed by atoms with van der Waals surface area (Å²) in [6.45, 7) is 11.0. The van der Waals surface area contributed by atoms with Crippen molar-refractivity contribution >= 4 is 5.69 Å². The fourth-order valence-electron chi connectivity index (χ4n) is 2.33. The lowest BCUT2D eigenvalue weighted by Crippen LogP contribution is -2.08. The molecule has 0 aromatic heterocycles. The molecular formula is C22H31NO2. The van der Waals surface area contributed by atoms with Gasteiger partial charge in [0.25, 0.3) is 0 Å². The molecule has 0 aliphatic heterocycles. The third-order valence-electron chi connectivity index (χ3n) is 3.85. The number of anilines is 1. The minimum Gasteiger partial charge on any atom is -0.494 e. The molecule has 25 heavy (non-hydrogen) atoms. The molecule has 3 nitrogen and oxygen atoms in total. The monoisotopic (exact) mass is 341 g/mol. The minimum absolute atomic E-state index is 0.518. The van der Waals surface area contributed by atoms with Crippen molar-refractivity contribution in [1.29, 1.82) is 0 Å². The highest BCUT2D eigenvalue weighted by Gasteiger charge is 2.04. The molecule has 2 aromatic rings. The van der Waals surface area contributed by atoms with Crippen molar-refractivity contribution in [2.75, 3.05) is 18.5 Å². The molecule has 0 spiro atoms. The summed E-state index contributed by atoms with van der Waals surface area (Å²) in [5.74, 6) is 3.06. The lowest BCUT2D eigenvalue weighted by molar-refractivity contribution is 0.269. The maximum atomic E-state index is 5.91. The van der Waals surface area contributed by atoms with E-state index in [1.165, 1.54) is 5.56 Å². The Morgan fingerprint density at radius 1 is 0.840 bits per heavy atom. The fraction of sp³-hybridized carbons (Fsp3) is 0.455. The zero-order valence-corrected chi connectivity index (χ0v) is 15.9. The number of ether oxygens (including phenoxy) is 2. The lowest BCUT2D eigenvalue weighted by atomic mass is 10.1. The highest BCUT2D eigenvalue weighted by atomic mass is 16.5. The molecule has 0 heterocycles. The maximum Gasteiger partial charge on any atom is 0.124 e. The Morgan fingerprint density at radius 2 is 1.56 bits per heavy atom. The molecule has 0 bridgehead atoms. The van der Waals surface area contributed by atoms with E-state index in [1.54, 1.807) is 0 Å². The van der Waals surface area contributed by atoms with Gasteiger partial charge < -0.3 is 14.8 Å². The molecule has 0 radical (unpaired) electrons. The van der Waals surface area contributed by atoms with Crippen molar-refractivity contribution in [3.63, 3.8) is 0 Å². The summed E-state index contributed by atoms with van der Waals surface area (Å²) in [4.78, 5) is 0. The van der Waals surface area contributed by atoms with Gasteiger partial charge in [-0.05, 0) is 48.6 Å². The quantitative estimate of drug-likeness (QED) is 0.596. The number of hydrogen-bond acceptors (Lipinski definition) is 3. The summed E-state index contributed by atoms with van der Waals surface area (Å²) in [5.41, 5.74) is 2.25. The Kier molecular flexibility index (Phi) is 7.65. The zero-order chi connectivity index (χ0) is 18.1. The summed E-state index contributed by atoms with van der Waals surface area (Å²) in [7, 11) is 0. The van der Waals surface area contributed by atoms with Gasteiger partial charge in [-0.1, -0.05) is 45.9 Å². The van der Waals surface area contributed by atoms with Crippen molar-refractivity contribution < 1.29 is 9.47 Å². The van der Waals surface area contributed by atoms with E-state index in [0.717, 1.165) is 43.4 Å². The van der Waals surface area contributed by atoms with Gasteiger partial charge in [0.1, 0.15) is 11.5 Å². The second kappa shape index (κ2) is 9.97. The van der Waals surface area contributed by atoms with Gasteiger partial charge in [-0.15, -0.1) is 0 Å². The largest absolute Gasteiger partial charge is 0.494 e. The predicted molar refractivity (Wildman–Crippen MR) is 105 cm³/mol. The van der Waals surface area contributed by atoms with Crippen LogP contribution in [-0.4, -0.2) is 13.2 Å². The van der Waals surface area contributed by atoms with Gasteiger partial charge in [0, 0.05) is 17.8 Å². The molecule has 0 atom stereocenters. The van der Waals surface area contributed by atoms with Crippen LogP contribution in [0.5, 0.6) is 11.5 Å². The predicted octanol–water partition coefficient (Wildman–Crippen LogP) is 5.76.